The van der Waals surface area contributed by atoms with Crippen LogP contribution in [0.4, 0.5) is 0 Å². The summed E-state index contributed by atoms with van der Waals surface area (Å²) in [6.07, 6.45) is 0. The summed E-state index contributed by atoms with van der Waals surface area (Å²) in [5.41, 5.74) is 3.29. The van der Waals surface area contributed by atoms with Crippen LogP contribution in [0.15, 0.2) is 48.5 Å². The molecule has 0 radical (unpaired) electrons. The third kappa shape index (κ3) is 7.13. The van der Waals surface area contributed by atoms with Crippen LogP contribution < -0.4 is 10.1 Å². The zero-order chi connectivity index (χ0) is 21.2. The maximum atomic E-state index is 13.0. The molecule has 0 saturated heterocycles. The van der Waals surface area contributed by atoms with E-state index in [9.17, 15) is 9.59 Å². The lowest BCUT2D eigenvalue weighted by atomic mass is 10.1. The molecule has 0 aliphatic carbocycles. The van der Waals surface area contributed by atoms with Crippen LogP contribution in [0.1, 0.15) is 30.5 Å². The minimum atomic E-state index is -0.524. The molecule has 0 unspecified atom stereocenters. The summed E-state index contributed by atoms with van der Waals surface area (Å²) in [7, 11) is 1.64. The Morgan fingerprint density at radius 2 is 1.86 bits per heavy atom. The van der Waals surface area contributed by atoms with Gasteiger partial charge in [0.15, 0.2) is 0 Å². The molecule has 29 heavy (non-hydrogen) atoms. The number of ether oxygens (including phenoxy) is 1. The first-order valence-corrected chi connectivity index (χ1v) is 10.9. The first kappa shape index (κ1) is 22.8. The van der Waals surface area contributed by atoms with Gasteiger partial charge >= 0.3 is 0 Å². The van der Waals surface area contributed by atoms with Crippen LogP contribution in [0.5, 0.6) is 5.75 Å². The fraction of sp³-hybridized carbons (Fsp3) is 0.391. The predicted octanol–water partition coefficient (Wildman–Crippen LogP) is 3.79. The third-order valence-corrected chi connectivity index (χ3v) is 5.60. The minimum absolute atomic E-state index is 0.0382. The SMILES string of the molecule is CCNC(=O)[C@H](C)N(Cc1cccc(C)c1)C(=O)CSCc1ccc(OC)cc1. The van der Waals surface area contributed by atoms with Gasteiger partial charge in [-0.15, -0.1) is 11.8 Å². The van der Waals surface area contributed by atoms with Gasteiger partial charge in [0.05, 0.1) is 12.9 Å². The molecule has 0 aliphatic heterocycles. The van der Waals surface area contributed by atoms with Gasteiger partial charge < -0.3 is 15.0 Å². The molecule has 1 atom stereocenters. The highest BCUT2D eigenvalue weighted by molar-refractivity contribution is 7.99. The van der Waals surface area contributed by atoms with Crippen LogP contribution in [-0.4, -0.2) is 42.2 Å². The Kier molecular flexibility index (Phi) is 9.06. The maximum absolute atomic E-state index is 13.0. The number of aryl methyl sites for hydroxylation is 1. The van der Waals surface area contributed by atoms with Crippen molar-refractivity contribution in [2.24, 2.45) is 0 Å². The molecule has 0 saturated carbocycles. The lowest BCUT2D eigenvalue weighted by molar-refractivity contribution is -0.138. The second-order valence-electron chi connectivity index (χ2n) is 6.92. The molecule has 0 aromatic heterocycles. The van der Waals surface area contributed by atoms with Gasteiger partial charge in [-0.3, -0.25) is 9.59 Å². The molecule has 0 spiro atoms. The van der Waals surface area contributed by atoms with Gasteiger partial charge in [0, 0.05) is 18.8 Å². The Bertz CT molecular complexity index is 808. The van der Waals surface area contributed by atoms with Gasteiger partial charge in [-0.25, -0.2) is 0 Å². The van der Waals surface area contributed by atoms with Crippen LogP contribution >= 0.6 is 11.8 Å². The van der Waals surface area contributed by atoms with Crippen LogP contribution in [0.2, 0.25) is 0 Å². The van der Waals surface area contributed by atoms with E-state index >= 15 is 0 Å². The molecular formula is C23H30N2O3S. The predicted molar refractivity (Wildman–Crippen MR) is 119 cm³/mol. The van der Waals surface area contributed by atoms with E-state index in [0.717, 1.165) is 28.2 Å². The molecule has 1 N–H and O–H groups in total. The molecule has 2 aromatic rings. The zero-order valence-corrected chi connectivity index (χ0v) is 18.4. The number of amides is 2. The number of hydrogen-bond acceptors (Lipinski definition) is 4. The van der Waals surface area contributed by atoms with Crippen LogP contribution in [0.25, 0.3) is 0 Å². The molecule has 6 heteroatoms. The molecule has 0 aliphatic rings. The number of thioether (sulfide) groups is 1. The van der Waals surface area contributed by atoms with E-state index in [-0.39, 0.29) is 11.8 Å². The van der Waals surface area contributed by atoms with Gasteiger partial charge in [0.25, 0.3) is 0 Å². The number of nitrogens with zero attached hydrogens (tertiary/aromatic N) is 1. The van der Waals surface area contributed by atoms with Crippen molar-refractivity contribution >= 4 is 23.6 Å². The van der Waals surface area contributed by atoms with Crippen molar-refractivity contribution in [3.05, 3.63) is 65.2 Å². The second kappa shape index (κ2) is 11.5. The van der Waals surface area contributed by atoms with E-state index in [4.69, 9.17) is 4.74 Å². The van der Waals surface area contributed by atoms with Crippen molar-refractivity contribution in [1.82, 2.24) is 10.2 Å². The summed E-state index contributed by atoms with van der Waals surface area (Å²) in [4.78, 5) is 27.0. The maximum Gasteiger partial charge on any atom is 0.242 e. The summed E-state index contributed by atoms with van der Waals surface area (Å²) >= 11 is 1.55. The summed E-state index contributed by atoms with van der Waals surface area (Å²) in [6, 6.07) is 15.3. The van der Waals surface area contributed by atoms with Gasteiger partial charge in [-0.2, -0.15) is 0 Å². The molecule has 0 heterocycles. The smallest absolute Gasteiger partial charge is 0.242 e. The molecule has 156 valence electrons. The van der Waals surface area contributed by atoms with Crippen LogP contribution in [0.3, 0.4) is 0 Å². The molecule has 5 nitrogen and oxygen atoms in total. The van der Waals surface area contributed by atoms with E-state index in [1.807, 2.05) is 56.3 Å². The third-order valence-electron chi connectivity index (χ3n) is 4.61. The second-order valence-corrected chi connectivity index (χ2v) is 7.91. The summed E-state index contributed by atoms with van der Waals surface area (Å²) < 4.78 is 5.17. The number of carbonyl (C=O) groups is 2. The molecule has 0 bridgehead atoms. The summed E-state index contributed by atoms with van der Waals surface area (Å²) in [6.45, 7) is 6.65. The van der Waals surface area contributed by atoms with E-state index in [1.54, 1.807) is 30.7 Å². The standard InChI is InChI=1S/C23H30N2O3S/c1-5-24-23(27)18(3)25(14-20-8-6-7-17(2)13-20)22(26)16-29-15-19-9-11-21(28-4)12-10-19/h6-13,18H,5,14-16H2,1-4H3,(H,24,27)/t18-/m0/s1. The molecular weight excluding hydrogens is 384 g/mol. The first-order chi connectivity index (χ1) is 13.9. The quantitative estimate of drug-likeness (QED) is 0.643. The van der Waals surface area contributed by atoms with Gasteiger partial charge in [-0.1, -0.05) is 42.0 Å². The topological polar surface area (TPSA) is 58.6 Å². The Morgan fingerprint density at radius 3 is 2.48 bits per heavy atom. The number of hydrogen-bond donors (Lipinski definition) is 1. The molecule has 2 amide bonds. The van der Waals surface area contributed by atoms with Crippen molar-refractivity contribution in [2.75, 3.05) is 19.4 Å². The fourth-order valence-corrected chi connectivity index (χ4v) is 3.84. The lowest BCUT2D eigenvalue weighted by Crippen LogP contribution is -2.48. The number of carbonyl (C=O) groups excluding carboxylic acids is 2. The van der Waals surface area contributed by atoms with E-state index in [0.29, 0.717) is 18.8 Å². The normalized spacial score (nSPS) is 11.6. The Labute approximate surface area is 177 Å². The van der Waals surface area contributed by atoms with Gasteiger partial charge in [0.2, 0.25) is 11.8 Å². The zero-order valence-electron chi connectivity index (χ0n) is 17.6. The van der Waals surface area contributed by atoms with Gasteiger partial charge in [0.1, 0.15) is 11.8 Å². The van der Waals surface area contributed by atoms with Crippen LogP contribution in [0, 0.1) is 6.92 Å². The highest BCUT2D eigenvalue weighted by Crippen LogP contribution is 2.18. The number of methoxy groups -OCH3 is 1. The number of likely N-dealkylation sites (N-methyl/N-ethyl adjacent to an activating group) is 1. The molecule has 2 aromatic carbocycles. The lowest BCUT2D eigenvalue weighted by Gasteiger charge is -2.28. The Morgan fingerprint density at radius 1 is 1.14 bits per heavy atom. The van der Waals surface area contributed by atoms with E-state index in [1.165, 1.54) is 0 Å². The number of benzene rings is 2. The number of rotatable bonds is 10. The van der Waals surface area contributed by atoms with Gasteiger partial charge in [-0.05, 0) is 44.0 Å². The monoisotopic (exact) mass is 414 g/mol. The highest BCUT2D eigenvalue weighted by atomic mass is 32.2. The number of nitrogens with one attached hydrogen (secondary N) is 1. The van der Waals surface area contributed by atoms with Crippen molar-refractivity contribution < 1.29 is 14.3 Å². The average Bonchev–Trinajstić information content (AvgIpc) is 2.72. The molecule has 0 fully saturated rings. The Balaban J connectivity index is 2.03. The van der Waals surface area contributed by atoms with Crippen molar-refractivity contribution in [3.63, 3.8) is 0 Å². The fourth-order valence-electron chi connectivity index (χ4n) is 2.97. The summed E-state index contributed by atoms with van der Waals surface area (Å²) in [5.74, 6) is 1.69. The van der Waals surface area contributed by atoms with E-state index < -0.39 is 6.04 Å². The highest BCUT2D eigenvalue weighted by Gasteiger charge is 2.25. The average molecular weight is 415 g/mol. The van der Waals surface area contributed by atoms with Crippen molar-refractivity contribution in [3.8, 4) is 5.75 Å². The first-order valence-electron chi connectivity index (χ1n) is 9.78. The largest absolute Gasteiger partial charge is 0.497 e. The van der Waals surface area contributed by atoms with Crippen LogP contribution in [-0.2, 0) is 21.9 Å². The summed E-state index contributed by atoms with van der Waals surface area (Å²) in [5, 5.41) is 2.82. The van der Waals surface area contributed by atoms with Crippen molar-refractivity contribution in [1.29, 1.82) is 0 Å². The Hall–Kier alpha value is -2.47. The van der Waals surface area contributed by atoms with Crippen molar-refractivity contribution in [2.45, 2.75) is 39.1 Å². The minimum Gasteiger partial charge on any atom is -0.497 e. The van der Waals surface area contributed by atoms with E-state index in [2.05, 4.69) is 11.4 Å². The molecule has 2 rings (SSSR count).